The van der Waals surface area contributed by atoms with Crippen molar-refractivity contribution in [2.45, 2.75) is 26.8 Å². The average molecular weight is 293 g/mol. The predicted molar refractivity (Wildman–Crippen MR) is 87.9 cm³/mol. The summed E-state index contributed by atoms with van der Waals surface area (Å²) in [6, 6.07) is 7.57. The zero-order valence-corrected chi connectivity index (χ0v) is 13.3. The van der Waals surface area contributed by atoms with Crippen molar-refractivity contribution in [3.05, 3.63) is 29.8 Å². The molecular weight excluding hydrogens is 270 g/mol. The van der Waals surface area contributed by atoms with E-state index in [0.29, 0.717) is 23.5 Å². The maximum absolute atomic E-state index is 12.0. The molecule has 1 aromatic carbocycles. The molecule has 0 saturated carbocycles. The normalized spacial score (nSPS) is 12.5. The Hall–Kier alpha value is -1.46. The highest BCUT2D eigenvalue weighted by atomic mass is 32.1. The molecule has 0 spiro atoms. The van der Waals surface area contributed by atoms with Gasteiger partial charge in [-0.05, 0) is 44.2 Å². The molecule has 1 atom stereocenters. The van der Waals surface area contributed by atoms with Gasteiger partial charge in [0.2, 0.25) is 5.91 Å². The van der Waals surface area contributed by atoms with Crippen molar-refractivity contribution in [3.63, 3.8) is 0 Å². The number of carbonyl (C=O) groups excluding carboxylic acids is 1. The second-order valence-corrected chi connectivity index (χ2v) is 5.83. The van der Waals surface area contributed by atoms with E-state index in [0.717, 1.165) is 11.3 Å². The Balaban J connectivity index is 2.56. The smallest absolute Gasteiger partial charge is 0.238 e. The Labute approximate surface area is 126 Å². The number of likely N-dealkylation sites (N-methyl/N-ethyl adjacent to an activating group) is 1. The number of nitrogens with one attached hydrogen (secondary N) is 1. The molecule has 0 aliphatic carbocycles. The Bertz CT molecular complexity index is 471. The van der Waals surface area contributed by atoms with Crippen LogP contribution in [-0.2, 0) is 4.79 Å². The molecule has 0 aromatic heterocycles. The van der Waals surface area contributed by atoms with Gasteiger partial charge in [-0.25, -0.2) is 0 Å². The minimum absolute atomic E-state index is 0.0249. The van der Waals surface area contributed by atoms with Crippen LogP contribution in [0, 0.1) is 5.92 Å². The van der Waals surface area contributed by atoms with E-state index < -0.39 is 0 Å². The minimum atomic E-state index is -0.0249. The van der Waals surface area contributed by atoms with Crippen molar-refractivity contribution >= 4 is 28.8 Å². The van der Waals surface area contributed by atoms with Crippen molar-refractivity contribution in [3.8, 4) is 0 Å². The summed E-state index contributed by atoms with van der Waals surface area (Å²) in [5, 5.41) is 2.87. The molecule has 110 valence electrons. The number of carbonyl (C=O) groups is 1. The monoisotopic (exact) mass is 293 g/mol. The summed E-state index contributed by atoms with van der Waals surface area (Å²) in [5.74, 6) is 0.487. The maximum Gasteiger partial charge on any atom is 0.238 e. The molecular formula is C15H23N3OS. The number of rotatable bonds is 6. The average Bonchev–Trinajstić information content (AvgIpc) is 2.37. The van der Waals surface area contributed by atoms with Crippen LogP contribution >= 0.6 is 12.2 Å². The third kappa shape index (κ3) is 4.90. The van der Waals surface area contributed by atoms with Crippen LogP contribution in [0.2, 0.25) is 0 Å². The first-order valence-corrected chi connectivity index (χ1v) is 7.12. The molecule has 0 saturated heterocycles. The lowest BCUT2D eigenvalue weighted by Crippen LogP contribution is -2.39. The topological polar surface area (TPSA) is 58.4 Å². The second-order valence-electron chi connectivity index (χ2n) is 5.39. The number of nitrogens with two attached hydrogens (primary N) is 1. The highest BCUT2D eigenvalue weighted by Crippen LogP contribution is 2.11. The number of amides is 1. The Morgan fingerprint density at radius 3 is 2.30 bits per heavy atom. The van der Waals surface area contributed by atoms with Gasteiger partial charge in [0, 0.05) is 17.3 Å². The van der Waals surface area contributed by atoms with Gasteiger partial charge in [-0.2, -0.15) is 0 Å². The van der Waals surface area contributed by atoms with E-state index in [1.165, 1.54) is 0 Å². The van der Waals surface area contributed by atoms with E-state index in [9.17, 15) is 4.79 Å². The molecule has 0 aliphatic rings. The fraction of sp³-hybridized carbons (Fsp3) is 0.467. The molecule has 4 nitrogen and oxygen atoms in total. The van der Waals surface area contributed by atoms with Crippen molar-refractivity contribution in [1.82, 2.24) is 4.90 Å². The summed E-state index contributed by atoms with van der Waals surface area (Å²) < 4.78 is 0. The Morgan fingerprint density at radius 1 is 1.30 bits per heavy atom. The zero-order chi connectivity index (χ0) is 15.3. The van der Waals surface area contributed by atoms with Gasteiger partial charge in [0.1, 0.15) is 4.99 Å². The molecule has 1 unspecified atom stereocenters. The van der Waals surface area contributed by atoms with Crippen LogP contribution in [0.25, 0.3) is 0 Å². The fourth-order valence-corrected chi connectivity index (χ4v) is 1.93. The molecule has 0 bridgehead atoms. The van der Waals surface area contributed by atoms with Crippen molar-refractivity contribution < 1.29 is 4.79 Å². The molecule has 0 fully saturated rings. The van der Waals surface area contributed by atoms with Gasteiger partial charge in [-0.3, -0.25) is 9.69 Å². The summed E-state index contributed by atoms with van der Waals surface area (Å²) in [6.07, 6.45) is 0. The van der Waals surface area contributed by atoms with E-state index in [4.69, 9.17) is 18.0 Å². The predicted octanol–water partition coefficient (Wildman–Crippen LogP) is 2.24. The van der Waals surface area contributed by atoms with Crippen LogP contribution in [0.4, 0.5) is 5.69 Å². The van der Waals surface area contributed by atoms with Crippen LogP contribution in [0.5, 0.6) is 0 Å². The number of thiocarbonyl (C=S) groups is 1. The minimum Gasteiger partial charge on any atom is -0.389 e. The van der Waals surface area contributed by atoms with Gasteiger partial charge < -0.3 is 11.1 Å². The highest BCUT2D eigenvalue weighted by molar-refractivity contribution is 7.80. The molecule has 0 aliphatic heterocycles. The largest absolute Gasteiger partial charge is 0.389 e. The van der Waals surface area contributed by atoms with E-state index in [1.54, 1.807) is 24.3 Å². The standard InChI is InChI=1S/C15H23N3OS/c1-10(2)11(3)18(4)9-14(19)17-13-7-5-12(6-8-13)15(16)20/h5-8,10-11H,9H2,1-4H3,(H2,16,20)(H,17,19). The number of benzene rings is 1. The van der Waals surface area contributed by atoms with E-state index in [1.807, 2.05) is 11.9 Å². The molecule has 0 radical (unpaired) electrons. The molecule has 5 heteroatoms. The summed E-state index contributed by atoms with van der Waals surface area (Å²) in [6.45, 7) is 6.78. The van der Waals surface area contributed by atoms with E-state index in [-0.39, 0.29) is 5.91 Å². The lowest BCUT2D eigenvalue weighted by molar-refractivity contribution is -0.117. The number of hydrogen-bond donors (Lipinski definition) is 2. The lowest BCUT2D eigenvalue weighted by atomic mass is 10.1. The first-order valence-electron chi connectivity index (χ1n) is 6.71. The summed E-state index contributed by atoms with van der Waals surface area (Å²) in [5.41, 5.74) is 7.08. The Morgan fingerprint density at radius 2 is 1.85 bits per heavy atom. The lowest BCUT2D eigenvalue weighted by Gasteiger charge is -2.27. The van der Waals surface area contributed by atoms with Gasteiger partial charge in [-0.1, -0.05) is 26.1 Å². The molecule has 1 rings (SSSR count). The molecule has 0 heterocycles. The summed E-state index contributed by atoms with van der Waals surface area (Å²) in [7, 11) is 1.96. The van der Waals surface area contributed by atoms with Crippen molar-refractivity contribution in [2.75, 3.05) is 18.9 Å². The fourth-order valence-electron chi connectivity index (χ4n) is 1.80. The van der Waals surface area contributed by atoms with Crippen LogP contribution < -0.4 is 11.1 Å². The first-order chi connectivity index (χ1) is 9.31. The Kier molecular flexibility index (Phi) is 6.10. The van der Waals surface area contributed by atoms with Crippen LogP contribution in [0.15, 0.2) is 24.3 Å². The van der Waals surface area contributed by atoms with Crippen LogP contribution in [0.1, 0.15) is 26.3 Å². The zero-order valence-electron chi connectivity index (χ0n) is 12.5. The van der Waals surface area contributed by atoms with Gasteiger partial charge in [0.15, 0.2) is 0 Å². The molecule has 20 heavy (non-hydrogen) atoms. The number of nitrogens with zero attached hydrogens (tertiary/aromatic N) is 1. The summed E-state index contributed by atoms with van der Waals surface area (Å²) >= 11 is 4.89. The van der Waals surface area contributed by atoms with Gasteiger partial charge in [0.25, 0.3) is 0 Å². The van der Waals surface area contributed by atoms with Gasteiger partial charge >= 0.3 is 0 Å². The summed E-state index contributed by atoms with van der Waals surface area (Å²) in [4.78, 5) is 14.4. The second kappa shape index (κ2) is 7.36. The van der Waals surface area contributed by atoms with E-state index in [2.05, 4.69) is 26.1 Å². The molecule has 3 N–H and O–H groups in total. The maximum atomic E-state index is 12.0. The number of anilines is 1. The van der Waals surface area contributed by atoms with Gasteiger partial charge in [-0.15, -0.1) is 0 Å². The first kappa shape index (κ1) is 16.6. The van der Waals surface area contributed by atoms with Gasteiger partial charge in [0.05, 0.1) is 6.54 Å². The van der Waals surface area contributed by atoms with Crippen LogP contribution in [0.3, 0.4) is 0 Å². The molecule has 1 amide bonds. The number of hydrogen-bond acceptors (Lipinski definition) is 3. The van der Waals surface area contributed by atoms with E-state index >= 15 is 0 Å². The highest BCUT2D eigenvalue weighted by Gasteiger charge is 2.15. The third-order valence-electron chi connectivity index (χ3n) is 3.51. The quantitative estimate of drug-likeness (QED) is 0.790. The third-order valence-corrected chi connectivity index (χ3v) is 3.74. The van der Waals surface area contributed by atoms with Crippen molar-refractivity contribution in [1.29, 1.82) is 0 Å². The van der Waals surface area contributed by atoms with Crippen molar-refractivity contribution in [2.24, 2.45) is 11.7 Å². The molecule has 1 aromatic rings. The van der Waals surface area contributed by atoms with Crippen LogP contribution in [-0.4, -0.2) is 35.4 Å². The SMILES string of the molecule is CC(C)C(C)N(C)CC(=O)Nc1ccc(C(N)=S)cc1.